The van der Waals surface area contributed by atoms with E-state index in [0.29, 0.717) is 0 Å². The summed E-state index contributed by atoms with van der Waals surface area (Å²) in [6, 6.07) is 6.77. The third-order valence-electron chi connectivity index (χ3n) is 2.99. The van der Waals surface area contributed by atoms with Crippen LogP contribution in [0.25, 0.3) is 0 Å². The molecule has 100 valence electrons. The van der Waals surface area contributed by atoms with Crippen molar-refractivity contribution < 1.29 is 4.92 Å². The Kier molecular flexibility index (Phi) is 4.24. The molecular formula is C13H15N3O2S. The molecule has 1 N–H and O–H groups in total. The Morgan fingerprint density at radius 1 is 1.53 bits per heavy atom. The standard InChI is InChI=1S/C13H15N3O2S/c1-9(14-7-13-10(2)15-8-19-13)11-4-3-5-12(6-11)16(17)18/h3-6,8-9,14H,7H2,1-2H3. The predicted molar refractivity (Wildman–Crippen MR) is 75.2 cm³/mol. The number of nitro benzene ring substituents is 1. The van der Waals surface area contributed by atoms with Gasteiger partial charge in [0.1, 0.15) is 0 Å². The molecule has 1 atom stereocenters. The highest BCUT2D eigenvalue weighted by atomic mass is 32.1. The highest BCUT2D eigenvalue weighted by Crippen LogP contribution is 2.20. The molecule has 5 nitrogen and oxygen atoms in total. The van der Waals surface area contributed by atoms with E-state index in [0.717, 1.165) is 17.8 Å². The molecule has 19 heavy (non-hydrogen) atoms. The monoisotopic (exact) mass is 277 g/mol. The molecule has 1 heterocycles. The number of aryl methyl sites for hydroxylation is 1. The van der Waals surface area contributed by atoms with E-state index in [1.807, 2.05) is 25.4 Å². The van der Waals surface area contributed by atoms with Crippen LogP contribution in [-0.2, 0) is 6.54 Å². The van der Waals surface area contributed by atoms with E-state index >= 15 is 0 Å². The Balaban J connectivity index is 2.03. The van der Waals surface area contributed by atoms with Crippen LogP contribution in [0.2, 0.25) is 0 Å². The van der Waals surface area contributed by atoms with Crippen LogP contribution in [0.1, 0.15) is 29.1 Å². The second-order valence-electron chi connectivity index (χ2n) is 4.32. The number of thiazole rings is 1. The molecule has 0 radical (unpaired) electrons. The molecule has 2 aromatic rings. The summed E-state index contributed by atoms with van der Waals surface area (Å²) in [5.74, 6) is 0. The average molecular weight is 277 g/mol. The Hall–Kier alpha value is -1.79. The molecule has 0 fully saturated rings. The lowest BCUT2D eigenvalue weighted by Gasteiger charge is -2.13. The summed E-state index contributed by atoms with van der Waals surface area (Å²) in [6.07, 6.45) is 0. The van der Waals surface area contributed by atoms with Gasteiger partial charge in [0.25, 0.3) is 5.69 Å². The summed E-state index contributed by atoms with van der Waals surface area (Å²) in [5.41, 5.74) is 3.89. The van der Waals surface area contributed by atoms with Crippen molar-refractivity contribution in [1.82, 2.24) is 10.3 Å². The molecule has 0 aliphatic heterocycles. The maximum atomic E-state index is 10.7. The number of hydrogen-bond donors (Lipinski definition) is 1. The number of hydrogen-bond acceptors (Lipinski definition) is 5. The second-order valence-corrected chi connectivity index (χ2v) is 5.25. The van der Waals surface area contributed by atoms with Crippen LogP contribution in [0.5, 0.6) is 0 Å². The van der Waals surface area contributed by atoms with E-state index in [-0.39, 0.29) is 16.7 Å². The molecular weight excluding hydrogens is 262 g/mol. The molecule has 0 aliphatic carbocycles. The molecule has 1 aromatic carbocycles. The molecule has 6 heteroatoms. The number of non-ortho nitro benzene ring substituents is 1. The van der Waals surface area contributed by atoms with Gasteiger partial charge in [0.05, 0.1) is 16.1 Å². The SMILES string of the molecule is Cc1ncsc1CNC(C)c1cccc([N+](=O)[O-])c1. The van der Waals surface area contributed by atoms with Gasteiger partial charge in [-0.3, -0.25) is 10.1 Å². The molecule has 0 amide bonds. The van der Waals surface area contributed by atoms with Crippen molar-refractivity contribution in [1.29, 1.82) is 0 Å². The zero-order valence-corrected chi connectivity index (χ0v) is 11.6. The van der Waals surface area contributed by atoms with Gasteiger partial charge < -0.3 is 5.32 Å². The minimum atomic E-state index is -0.371. The fraction of sp³-hybridized carbons (Fsp3) is 0.308. The molecule has 2 rings (SSSR count). The fourth-order valence-electron chi connectivity index (χ4n) is 1.77. The van der Waals surface area contributed by atoms with Crippen LogP contribution >= 0.6 is 11.3 Å². The normalized spacial score (nSPS) is 12.3. The van der Waals surface area contributed by atoms with Crippen molar-refractivity contribution in [3.8, 4) is 0 Å². The van der Waals surface area contributed by atoms with Gasteiger partial charge in [0.15, 0.2) is 0 Å². The van der Waals surface area contributed by atoms with Crippen molar-refractivity contribution in [3.63, 3.8) is 0 Å². The quantitative estimate of drug-likeness (QED) is 0.673. The first-order valence-electron chi connectivity index (χ1n) is 5.94. The van der Waals surface area contributed by atoms with E-state index in [4.69, 9.17) is 0 Å². The van der Waals surface area contributed by atoms with Gasteiger partial charge in [-0.25, -0.2) is 4.98 Å². The van der Waals surface area contributed by atoms with E-state index in [9.17, 15) is 10.1 Å². The third-order valence-corrected chi connectivity index (χ3v) is 3.93. The minimum Gasteiger partial charge on any atom is -0.305 e. The van der Waals surface area contributed by atoms with Gasteiger partial charge in [0.2, 0.25) is 0 Å². The van der Waals surface area contributed by atoms with Crippen molar-refractivity contribution in [2.75, 3.05) is 0 Å². The molecule has 0 spiro atoms. The van der Waals surface area contributed by atoms with Crippen LogP contribution in [0.15, 0.2) is 29.8 Å². The summed E-state index contributed by atoms with van der Waals surface area (Å²) in [5, 5.41) is 14.1. The number of rotatable bonds is 5. The Labute approximate surface area is 115 Å². The molecule has 1 aromatic heterocycles. The van der Waals surface area contributed by atoms with Gasteiger partial charge >= 0.3 is 0 Å². The summed E-state index contributed by atoms with van der Waals surface area (Å²) >= 11 is 1.61. The molecule has 0 saturated heterocycles. The van der Waals surface area contributed by atoms with Crippen molar-refractivity contribution in [2.45, 2.75) is 26.4 Å². The first kappa shape index (κ1) is 13.6. The van der Waals surface area contributed by atoms with Gasteiger partial charge in [-0.15, -0.1) is 11.3 Å². The smallest absolute Gasteiger partial charge is 0.269 e. The second kappa shape index (κ2) is 5.90. The minimum absolute atomic E-state index is 0.0569. The number of benzene rings is 1. The highest BCUT2D eigenvalue weighted by molar-refractivity contribution is 7.09. The van der Waals surface area contributed by atoms with Crippen LogP contribution in [0.3, 0.4) is 0 Å². The van der Waals surface area contributed by atoms with E-state index in [1.165, 1.54) is 10.9 Å². The summed E-state index contributed by atoms with van der Waals surface area (Å²) in [4.78, 5) is 15.8. The fourth-order valence-corrected chi connectivity index (χ4v) is 2.50. The highest BCUT2D eigenvalue weighted by Gasteiger charge is 2.11. The molecule has 0 bridgehead atoms. The lowest BCUT2D eigenvalue weighted by atomic mass is 10.1. The summed E-state index contributed by atoms with van der Waals surface area (Å²) in [6.45, 7) is 4.70. The van der Waals surface area contributed by atoms with E-state index in [1.54, 1.807) is 23.5 Å². The largest absolute Gasteiger partial charge is 0.305 e. The lowest BCUT2D eigenvalue weighted by molar-refractivity contribution is -0.384. The van der Waals surface area contributed by atoms with Gasteiger partial charge in [0, 0.05) is 29.6 Å². The molecule has 0 saturated carbocycles. The van der Waals surface area contributed by atoms with Gasteiger partial charge in [-0.05, 0) is 19.4 Å². The maximum Gasteiger partial charge on any atom is 0.269 e. The predicted octanol–water partition coefficient (Wildman–Crippen LogP) is 3.21. The van der Waals surface area contributed by atoms with Crippen molar-refractivity contribution >= 4 is 17.0 Å². The number of nitrogens with one attached hydrogen (secondary N) is 1. The Morgan fingerprint density at radius 3 is 2.95 bits per heavy atom. The first-order chi connectivity index (χ1) is 9.08. The Morgan fingerprint density at radius 2 is 2.32 bits per heavy atom. The topological polar surface area (TPSA) is 68.1 Å². The maximum absolute atomic E-state index is 10.7. The average Bonchev–Trinajstić information content (AvgIpc) is 2.81. The summed E-state index contributed by atoms with van der Waals surface area (Å²) in [7, 11) is 0. The van der Waals surface area contributed by atoms with E-state index in [2.05, 4.69) is 10.3 Å². The van der Waals surface area contributed by atoms with Crippen LogP contribution < -0.4 is 5.32 Å². The number of nitrogens with zero attached hydrogens (tertiary/aromatic N) is 2. The number of nitro groups is 1. The van der Waals surface area contributed by atoms with Gasteiger partial charge in [-0.2, -0.15) is 0 Å². The third kappa shape index (κ3) is 3.36. The Bertz CT molecular complexity index is 583. The van der Waals surface area contributed by atoms with Crippen molar-refractivity contribution in [3.05, 3.63) is 56.0 Å². The molecule has 1 unspecified atom stereocenters. The van der Waals surface area contributed by atoms with Crippen molar-refractivity contribution in [2.24, 2.45) is 0 Å². The number of aromatic nitrogens is 1. The van der Waals surface area contributed by atoms with Crippen LogP contribution in [-0.4, -0.2) is 9.91 Å². The van der Waals surface area contributed by atoms with E-state index < -0.39 is 0 Å². The van der Waals surface area contributed by atoms with Crippen LogP contribution in [0.4, 0.5) is 5.69 Å². The first-order valence-corrected chi connectivity index (χ1v) is 6.82. The van der Waals surface area contributed by atoms with Gasteiger partial charge in [-0.1, -0.05) is 12.1 Å². The zero-order chi connectivity index (χ0) is 13.8. The summed E-state index contributed by atoms with van der Waals surface area (Å²) < 4.78 is 0. The lowest BCUT2D eigenvalue weighted by Crippen LogP contribution is -2.18. The van der Waals surface area contributed by atoms with Crippen LogP contribution in [0, 0.1) is 17.0 Å². The zero-order valence-electron chi connectivity index (χ0n) is 10.8. The molecule has 0 aliphatic rings.